The lowest BCUT2D eigenvalue weighted by molar-refractivity contribution is -0.119. The summed E-state index contributed by atoms with van der Waals surface area (Å²) in [4.78, 5) is 24.5. The molecule has 3 aliphatic carbocycles. The van der Waals surface area contributed by atoms with Crippen LogP contribution in [0.15, 0.2) is 36.4 Å². The molecule has 2 aromatic carbocycles. The van der Waals surface area contributed by atoms with E-state index < -0.39 is 11.7 Å². The minimum Gasteiger partial charge on any atom is -0.446 e. The number of primary amides is 1. The summed E-state index contributed by atoms with van der Waals surface area (Å²) in [6, 6.07) is 12.5. The van der Waals surface area contributed by atoms with Crippen LogP contribution in [-0.4, -0.2) is 33.4 Å². The van der Waals surface area contributed by atoms with E-state index >= 15 is 0 Å². The average molecular weight is 544 g/mol. The fraction of sp³-hybridized carbons (Fsp3) is 0.515. The number of hydrogen-bond donors (Lipinski definition) is 3. The number of carbonyl (C=O) groups excluding carboxylic acids is 2. The fourth-order valence-electron chi connectivity index (χ4n) is 6.74. The monoisotopic (exact) mass is 543 g/mol. The maximum absolute atomic E-state index is 12.6. The van der Waals surface area contributed by atoms with Crippen LogP contribution in [0.3, 0.4) is 0 Å². The zero-order valence-electron chi connectivity index (χ0n) is 23.7. The highest BCUT2D eigenvalue weighted by atomic mass is 16.6. The van der Waals surface area contributed by atoms with Gasteiger partial charge in [-0.2, -0.15) is 0 Å². The Labute approximate surface area is 236 Å². The highest BCUT2D eigenvalue weighted by molar-refractivity contribution is 5.93. The number of amides is 2. The van der Waals surface area contributed by atoms with E-state index in [1.807, 2.05) is 19.9 Å². The summed E-state index contributed by atoms with van der Waals surface area (Å²) in [7, 11) is 0. The number of ether oxygens (including phenoxy) is 1. The summed E-state index contributed by atoms with van der Waals surface area (Å²) in [5.74, 6) is 0.213. The first-order chi connectivity index (χ1) is 19.1. The summed E-state index contributed by atoms with van der Waals surface area (Å²) in [6.07, 6.45) is 9.31. The van der Waals surface area contributed by atoms with Crippen LogP contribution in [0.2, 0.25) is 0 Å². The number of aliphatic hydroxyl groups is 1. The van der Waals surface area contributed by atoms with Crippen molar-refractivity contribution in [2.75, 3.05) is 5.32 Å². The third-order valence-corrected chi connectivity index (χ3v) is 8.87. The molecule has 40 heavy (non-hydrogen) atoms. The Morgan fingerprint density at radius 3 is 2.55 bits per heavy atom. The standard InChI is InChI=1S/C33H41N3O4/c1-33(2,39)18-30-27(16-20-7-8-20)28-17-23(35-32(38)40-24-5-3-4-6-24)11-14-29(28)36(30)19-21-9-12-25-22(15-21)10-13-26(25)31(34)37/h9,11-12,14-15,17,20,24,26,39H,3-8,10,13,16,18-19H2,1-2H3,(H2,34,37)(H,35,38). The minimum atomic E-state index is -0.872. The SMILES string of the molecule is CC(C)(O)Cc1c(CC2CC2)c2cc(NC(=O)OC3CCCC3)ccc2n1Cc1ccc2c(c1)CCC2C(N)=O. The van der Waals surface area contributed by atoms with Crippen molar-refractivity contribution in [1.29, 1.82) is 0 Å². The smallest absolute Gasteiger partial charge is 0.411 e. The minimum absolute atomic E-state index is 0.0132. The van der Waals surface area contributed by atoms with Crippen molar-refractivity contribution in [1.82, 2.24) is 4.57 Å². The van der Waals surface area contributed by atoms with Crippen molar-refractivity contribution in [3.63, 3.8) is 0 Å². The number of aromatic nitrogens is 1. The number of fused-ring (bicyclic) bond motifs is 2. The number of hydrogen-bond acceptors (Lipinski definition) is 4. The molecule has 0 spiro atoms. The third kappa shape index (κ3) is 5.75. The van der Waals surface area contributed by atoms with Gasteiger partial charge in [-0.25, -0.2) is 4.79 Å². The van der Waals surface area contributed by atoms with Gasteiger partial charge in [0.25, 0.3) is 0 Å². The van der Waals surface area contributed by atoms with Crippen LogP contribution in [0.5, 0.6) is 0 Å². The van der Waals surface area contributed by atoms with Crippen molar-refractivity contribution in [3.05, 3.63) is 64.3 Å². The van der Waals surface area contributed by atoms with Crippen molar-refractivity contribution < 1.29 is 19.4 Å². The number of benzene rings is 2. The molecule has 1 aromatic heterocycles. The van der Waals surface area contributed by atoms with Gasteiger partial charge in [0, 0.05) is 35.2 Å². The largest absolute Gasteiger partial charge is 0.446 e. The third-order valence-electron chi connectivity index (χ3n) is 8.87. The van der Waals surface area contributed by atoms with E-state index in [4.69, 9.17) is 10.5 Å². The van der Waals surface area contributed by atoms with E-state index in [0.29, 0.717) is 18.9 Å². The van der Waals surface area contributed by atoms with Crippen LogP contribution in [0.1, 0.15) is 92.7 Å². The fourth-order valence-corrected chi connectivity index (χ4v) is 6.74. The van der Waals surface area contributed by atoms with Gasteiger partial charge in [0.05, 0.1) is 11.5 Å². The van der Waals surface area contributed by atoms with Crippen LogP contribution in [0, 0.1) is 5.92 Å². The van der Waals surface area contributed by atoms with Crippen molar-refractivity contribution >= 4 is 28.6 Å². The summed E-state index contributed by atoms with van der Waals surface area (Å²) >= 11 is 0. The zero-order chi connectivity index (χ0) is 28.0. The van der Waals surface area contributed by atoms with E-state index in [2.05, 4.69) is 40.2 Å². The number of rotatable bonds is 9. The molecule has 2 fully saturated rings. The molecule has 0 bridgehead atoms. The molecule has 2 saturated carbocycles. The molecule has 1 atom stereocenters. The Morgan fingerprint density at radius 1 is 1.07 bits per heavy atom. The Morgan fingerprint density at radius 2 is 1.85 bits per heavy atom. The highest BCUT2D eigenvalue weighted by Crippen LogP contribution is 2.40. The molecule has 4 N–H and O–H groups in total. The molecule has 0 radical (unpaired) electrons. The topological polar surface area (TPSA) is 107 Å². The molecule has 3 aromatic rings. The van der Waals surface area contributed by atoms with E-state index in [1.165, 1.54) is 24.0 Å². The number of nitrogens with two attached hydrogens (primary N) is 1. The van der Waals surface area contributed by atoms with Gasteiger partial charge in [-0.1, -0.05) is 18.2 Å². The summed E-state index contributed by atoms with van der Waals surface area (Å²) < 4.78 is 7.99. The van der Waals surface area contributed by atoms with Gasteiger partial charge in [0.1, 0.15) is 6.10 Å². The second-order valence-corrected chi connectivity index (χ2v) is 12.8. The molecule has 6 rings (SSSR count). The average Bonchev–Trinajstić information content (AvgIpc) is 3.26. The second kappa shape index (κ2) is 10.6. The molecular weight excluding hydrogens is 502 g/mol. The Balaban J connectivity index is 1.37. The summed E-state index contributed by atoms with van der Waals surface area (Å²) in [6.45, 7) is 4.39. The Hall–Kier alpha value is -3.32. The van der Waals surface area contributed by atoms with E-state index in [1.54, 1.807) is 0 Å². The van der Waals surface area contributed by atoms with Crippen LogP contribution in [0.25, 0.3) is 10.9 Å². The van der Waals surface area contributed by atoms with Crippen molar-refractivity contribution in [2.45, 2.75) is 102 Å². The van der Waals surface area contributed by atoms with Crippen molar-refractivity contribution in [2.24, 2.45) is 11.7 Å². The van der Waals surface area contributed by atoms with E-state index in [9.17, 15) is 14.7 Å². The van der Waals surface area contributed by atoms with Gasteiger partial charge in [0.15, 0.2) is 0 Å². The molecule has 212 valence electrons. The molecule has 0 aliphatic heterocycles. The van der Waals surface area contributed by atoms with Crippen LogP contribution < -0.4 is 11.1 Å². The molecular formula is C33H41N3O4. The van der Waals surface area contributed by atoms with Gasteiger partial charge in [0.2, 0.25) is 5.91 Å². The molecule has 2 amide bonds. The van der Waals surface area contributed by atoms with Crippen LogP contribution >= 0.6 is 0 Å². The number of anilines is 1. The first-order valence-corrected chi connectivity index (χ1v) is 14.9. The molecule has 3 aliphatic rings. The van der Waals surface area contributed by atoms with Gasteiger partial charge in [-0.15, -0.1) is 0 Å². The predicted octanol–water partition coefficient (Wildman–Crippen LogP) is 5.96. The summed E-state index contributed by atoms with van der Waals surface area (Å²) in [5, 5.41) is 15.0. The maximum atomic E-state index is 12.6. The zero-order valence-corrected chi connectivity index (χ0v) is 23.7. The van der Waals surface area contributed by atoms with Gasteiger partial charge >= 0.3 is 6.09 Å². The molecule has 1 heterocycles. The molecule has 7 heteroatoms. The quantitative estimate of drug-likeness (QED) is 0.309. The van der Waals surface area contributed by atoms with Crippen LogP contribution in [0.4, 0.5) is 10.5 Å². The number of nitrogens with zero attached hydrogens (tertiary/aromatic N) is 1. The highest BCUT2D eigenvalue weighted by Gasteiger charge is 2.30. The second-order valence-electron chi connectivity index (χ2n) is 12.8. The lowest BCUT2D eigenvalue weighted by Crippen LogP contribution is -2.25. The summed E-state index contributed by atoms with van der Waals surface area (Å²) in [5.41, 5.74) is 12.4. The maximum Gasteiger partial charge on any atom is 0.411 e. The van der Waals surface area contributed by atoms with E-state index in [-0.39, 0.29) is 17.9 Å². The van der Waals surface area contributed by atoms with Crippen LogP contribution in [-0.2, 0) is 35.3 Å². The van der Waals surface area contributed by atoms with Gasteiger partial charge in [-0.05, 0) is 118 Å². The van der Waals surface area contributed by atoms with Gasteiger partial charge in [-0.3, -0.25) is 10.1 Å². The van der Waals surface area contributed by atoms with E-state index in [0.717, 1.165) is 78.4 Å². The van der Waals surface area contributed by atoms with Gasteiger partial charge < -0.3 is 20.1 Å². The lowest BCUT2D eigenvalue weighted by atomic mass is 9.96. The number of aryl methyl sites for hydroxylation is 1. The first-order valence-electron chi connectivity index (χ1n) is 14.9. The number of nitrogens with one attached hydrogen (secondary N) is 1. The van der Waals surface area contributed by atoms with Crippen molar-refractivity contribution in [3.8, 4) is 0 Å². The number of carbonyl (C=O) groups is 2. The predicted molar refractivity (Wildman–Crippen MR) is 157 cm³/mol. The molecule has 7 nitrogen and oxygen atoms in total. The Bertz CT molecular complexity index is 1440. The first kappa shape index (κ1) is 26.9. The Kier molecular flexibility index (Phi) is 7.11. The normalized spacial score (nSPS) is 19.2. The molecule has 1 unspecified atom stereocenters. The molecule has 0 saturated heterocycles. The lowest BCUT2D eigenvalue weighted by Gasteiger charge is -2.21.